The predicted molar refractivity (Wildman–Crippen MR) is 118 cm³/mol. The second-order valence-corrected chi connectivity index (χ2v) is 8.47. The normalized spacial score (nSPS) is 14.7. The number of fused-ring (bicyclic) bond motifs is 1. The molecule has 1 saturated carbocycles. The minimum Gasteiger partial charge on any atom is -0.487 e. The van der Waals surface area contributed by atoms with Gasteiger partial charge in [0.05, 0.1) is 11.1 Å². The molecule has 0 spiro atoms. The van der Waals surface area contributed by atoms with E-state index in [0.29, 0.717) is 29.4 Å². The van der Waals surface area contributed by atoms with Crippen molar-refractivity contribution in [2.24, 2.45) is 5.92 Å². The lowest BCUT2D eigenvalue weighted by atomic mass is 9.85. The largest absolute Gasteiger partial charge is 0.487 e. The van der Waals surface area contributed by atoms with Crippen LogP contribution in [0.3, 0.4) is 0 Å². The Bertz CT molecular complexity index is 1060. The Morgan fingerprint density at radius 2 is 1.80 bits per heavy atom. The third-order valence-corrected chi connectivity index (χ3v) is 6.31. The Morgan fingerprint density at radius 3 is 2.50 bits per heavy atom. The lowest BCUT2D eigenvalue weighted by Gasteiger charge is -2.22. The molecule has 0 radical (unpaired) electrons. The Kier molecular flexibility index (Phi) is 6.24. The van der Waals surface area contributed by atoms with Gasteiger partial charge < -0.3 is 9.14 Å². The van der Waals surface area contributed by atoms with Gasteiger partial charge in [0, 0.05) is 11.9 Å². The van der Waals surface area contributed by atoms with Crippen LogP contribution in [-0.2, 0) is 17.8 Å². The van der Waals surface area contributed by atoms with E-state index in [9.17, 15) is 9.59 Å². The molecule has 0 N–H and O–H groups in total. The van der Waals surface area contributed by atoms with Crippen LogP contribution in [0.15, 0.2) is 48.7 Å². The van der Waals surface area contributed by atoms with Crippen LogP contribution in [0.5, 0.6) is 5.75 Å². The minimum absolute atomic E-state index is 0.365. The molecule has 0 saturated heterocycles. The van der Waals surface area contributed by atoms with Gasteiger partial charge in [-0.1, -0.05) is 62.4 Å². The van der Waals surface area contributed by atoms with Gasteiger partial charge in [0.1, 0.15) is 12.4 Å². The summed E-state index contributed by atoms with van der Waals surface area (Å²) in [6.45, 7) is 2.30. The molecule has 0 unspecified atom stereocenters. The van der Waals surface area contributed by atoms with Crippen LogP contribution in [0.2, 0.25) is 0 Å². The number of hydrogen-bond donors (Lipinski definition) is 0. The number of aromatic nitrogens is 1. The van der Waals surface area contributed by atoms with E-state index in [0.717, 1.165) is 23.2 Å². The average Bonchev–Trinajstić information content (AvgIpc) is 3.05. The number of ketones is 1. The number of carbonyl (C=O) groups excluding carboxylic acids is 2. The number of benzene rings is 1. The van der Waals surface area contributed by atoms with Gasteiger partial charge in [0.25, 0.3) is 5.24 Å². The summed E-state index contributed by atoms with van der Waals surface area (Å²) in [5.41, 5.74) is 3.94. The molecule has 0 atom stereocenters. The van der Waals surface area contributed by atoms with Crippen molar-refractivity contribution in [1.82, 2.24) is 4.40 Å². The topological polar surface area (TPSA) is 47.8 Å². The molecule has 1 aromatic carbocycles. The Hall–Kier alpha value is -2.59. The van der Waals surface area contributed by atoms with E-state index >= 15 is 0 Å². The van der Waals surface area contributed by atoms with Gasteiger partial charge in [0.2, 0.25) is 5.78 Å². The Balaban J connectivity index is 1.77. The molecule has 3 aromatic rings. The van der Waals surface area contributed by atoms with Crippen LogP contribution in [-0.4, -0.2) is 15.4 Å². The molecule has 1 aliphatic carbocycles. The van der Waals surface area contributed by atoms with Gasteiger partial charge in [-0.15, -0.1) is 0 Å². The summed E-state index contributed by atoms with van der Waals surface area (Å²) >= 11 is 5.62. The molecule has 30 heavy (non-hydrogen) atoms. The number of ether oxygens (including phenoxy) is 1. The fraction of sp³-hybridized carbons (Fsp3) is 0.360. The van der Waals surface area contributed by atoms with Crippen molar-refractivity contribution in [1.29, 1.82) is 0 Å². The van der Waals surface area contributed by atoms with Crippen molar-refractivity contribution >= 4 is 28.1 Å². The van der Waals surface area contributed by atoms with Crippen LogP contribution in [0, 0.1) is 12.8 Å². The van der Waals surface area contributed by atoms with E-state index in [2.05, 4.69) is 0 Å². The predicted octanol–water partition coefficient (Wildman–Crippen LogP) is 5.90. The SMILES string of the molecule is Cc1c(C(=O)C(=O)Cl)c2c(OCc3ccccc3)cccn2c1CC1CCCCC1. The molecular formula is C25H26ClNO3. The first-order chi connectivity index (χ1) is 14.6. The number of nitrogens with zero attached hydrogens (tertiary/aromatic N) is 1. The van der Waals surface area contributed by atoms with Crippen molar-refractivity contribution in [2.45, 2.75) is 52.1 Å². The molecule has 156 valence electrons. The zero-order valence-corrected chi connectivity index (χ0v) is 18.0. The fourth-order valence-corrected chi connectivity index (χ4v) is 4.70. The molecule has 4 nitrogen and oxygen atoms in total. The molecule has 5 heteroatoms. The van der Waals surface area contributed by atoms with E-state index in [4.69, 9.17) is 16.3 Å². The van der Waals surface area contributed by atoms with Crippen LogP contribution < -0.4 is 4.74 Å². The average molecular weight is 424 g/mol. The maximum absolute atomic E-state index is 12.8. The first-order valence-corrected chi connectivity index (χ1v) is 11.0. The summed E-state index contributed by atoms with van der Waals surface area (Å²) < 4.78 is 8.13. The highest BCUT2D eigenvalue weighted by molar-refractivity contribution is 6.83. The third kappa shape index (κ3) is 4.15. The Labute approximate surface area is 181 Å². The molecule has 4 rings (SSSR count). The summed E-state index contributed by atoms with van der Waals surface area (Å²) in [6.07, 6.45) is 9.05. The third-order valence-electron chi connectivity index (χ3n) is 6.14. The van der Waals surface area contributed by atoms with Gasteiger partial charge in [-0.05, 0) is 54.1 Å². The lowest BCUT2D eigenvalue weighted by molar-refractivity contribution is -0.108. The second kappa shape index (κ2) is 9.05. The van der Waals surface area contributed by atoms with Crippen molar-refractivity contribution in [3.63, 3.8) is 0 Å². The van der Waals surface area contributed by atoms with E-state index < -0.39 is 11.0 Å². The van der Waals surface area contributed by atoms with Gasteiger partial charge in [-0.3, -0.25) is 9.59 Å². The Morgan fingerprint density at radius 1 is 1.07 bits per heavy atom. The smallest absolute Gasteiger partial charge is 0.293 e. The maximum atomic E-state index is 12.8. The summed E-state index contributed by atoms with van der Waals surface area (Å²) in [7, 11) is 0. The molecule has 0 bridgehead atoms. The maximum Gasteiger partial charge on any atom is 0.293 e. The van der Waals surface area contributed by atoms with Crippen molar-refractivity contribution < 1.29 is 14.3 Å². The van der Waals surface area contributed by atoms with Gasteiger partial charge in [-0.25, -0.2) is 0 Å². The number of hydrogen-bond acceptors (Lipinski definition) is 3. The van der Waals surface area contributed by atoms with E-state index in [1.54, 1.807) is 0 Å². The number of pyridine rings is 1. The van der Waals surface area contributed by atoms with Gasteiger partial charge >= 0.3 is 0 Å². The highest BCUT2D eigenvalue weighted by atomic mass is 35.5. The number of carbonyl (C=O) groups is 2. The quantitative estimate of drug-likeness (QED) is 0.270. The highest BCUT2D eigenvalue weighted by Crippen LogP contribution is 2.35. The lowest BCUT2D eigenvalue weighted by Crippen LogP contribution is -2.11. The molecule has 1 aliphatic rings. The van der Waals surface area contributed by atoms with E-state index in [-0.39, 0.29) is 0 Å². The fourth-order valence-electron chi connectivity index (χ4n) is 4.60. The van der Waals surface area contributed by atoms with Gasteiger partial charge in [-0.2, -0.15) is 0 Å². The number of Topliss-reactive ketones (excluding diaryl/α,β-unsaturated/α-hetero) is 1. The van der Waals surface area contributed by atoms with Crippen LogP contribution in [0.25, 0.3) is 5.52 Å². The molecular weight excluding hydrogens is 398 g/mol. The van der Waals surface area contributed by atoms with Crippen molar-refractivity contribution in [2.75, 3.05) is 0 Å². The van der Waals surface area contributed by atoms with Crippen LogP contribution >= 0.6 is 11.6 Å². The second-order valence-electron chi connectivity index (χ2n) is 8.12. The number of rotatable bonds is 7. The zero-order valence-electron chi connectivity index (χ0n) is 17.2. The minimum atomic E-state index is -0.965. The first kappa shape index (κ1) is 20.7. The molecule has 0 aliphatic heterocycles. The summed E-state index contributed by atoms with van der Waals surface area (Å²) in [4.78, 5) is 24.6. The standard InChI is InChI=1S/C25H26ClNO3/c1-17-20(15-18-9-4-2-5-10-18)27-14-8-13-21(23(27)22(17)24(28)25(26)29)30-16-19-11-6-3-7-12-19/h3,6-8,11-14,18H,2,4-5,9-10,15-16H2,1H3. The molecule has 2 heterocycles. The summed E-state index contributed by atoms with van der Waals surface area (Å²) in [6, 6.07) is 13.6. The summed E-state index contributed by atoms with van der Waals surface area (Å²) in [5.74, 6) is 0.511. The molecule has 2 aromatic heterocycles. The number of halogens is 1. The van der Waals surface area contributed by atoms with Crippen LogP contribution in [0.4, 0.5) is 0 Å². The highest BCUT2D eigenvalue weighted by Gasteiger charge is 2.28. The summed E-state index contributed by atoms with van der Waals surface area (Å²) in [5, 5.41) is -0.965. The van der Waals surface area contributed by atoms with Crippen molar-refractivity contribution in [3.05, 3.63) is 71.0 Å². The first-order valence-electron chi connectivity index (χ1n) is 10.6. The zero-order chi connectivity index (χ0) is 21.1. The molecule has 1 fully saturated rings. The monoisotopic (exact) mass is 423 g/mol. The van der Waals surface area contributed by atoms with Gasteiger partial charge in [0.15, 0.2) is 0 Å². The molecule has 0 amide bonds. The van der Waals surface area contributed by atoms with E-state index in [1.807, 2.05) is 60.0 Å². The van der Waals surface area contributed by atoms with Crippen LogP contribution in [0.1, 0.15) is 59.3 Å². The van der Waals surface area contributed by atoms with Crippen molar-refractivity contribution in [3.8, 4) is 5.75 Å². The van der Waals surface area contributed by atoms with E-state index in [1.165, 1.54) is 32.1 Å².